The zero-order valence-electron chi connectivity index (χ0n) is 16.9. The molecule has 3 amide bonds. The summed E-state index contributed by atoms with van der Waals surface area (Å²) >= 11 is 6.24. The van der Waals surface area contributed by atoms with Crippen LogP contribution in [0.15, 0.2) is 66.7 Å². The highest BCUT2D eigenvalue weighted by atomic mass is 35.5. The van der Waals surface area contributed by atoms with Gasteiger partial charge in [0.25, 0.3) is 17.7 Å². The third kappa shape index (κ3) is 3.68. The van der Waals surface area contributed by atoms with Crippen molar-refractivity contribution in [3.8, 4) is 0 Å². The Kier molecular flexibility index (Phi) is 5.74. The van der Waals surface area contributed by atoms with Gasteiger partial charge in [0.1, 0.15) is 6.04 Å². The fourth-order valence-corrected chi connectivity index (χ4v) is 4.36. The van der Waals surface area contributed by atoms with Crippen LogP contribution in [0.5, 0.6) is 0 Å². The van der Waals surface area contributed by atoms with Gasteiger partial charge in [-0.2, -0.15) is 5.01 Å². The van der Waals surface area contributed by atoms with E-state index in [1.165, 1.54) is 13.0 Å². The number of nitrogens with zero attached hydrogens (tertiary/aromatic N) is 2. The molecule has 1 saturated heterocycles. The highest BCUT2D eigenvalue weighted by Crippen LogP contribution is 2.37. The first-order valence-corrected chi connectivity index (χ1v) is 10.5. The monoisotopic (exact) mass is 436 g/mol. The molecule has 7 heteroatoms. The number of fused-ring (bicyclic) bond motifs is 1. The lowest BCUT2D eigenvalue weighted by Crippen LogP contribution is -2.56. The number of imide groups is 1. The molecule has 0 unspecified atom stereocenters. The molecule has 0 saturated carbocycles. The number of carbonyl (C=O) groups is 4. The number of rotatable bonds is 5. The zero-order valence-corrected chi connectivity index (χ0v) is 17.7. The molecule has 0 N–H and O–H groups in total. The van der Waals surface area contributed by atoms with Crippen molar-refractivity contribution in [1.82, 2.24) is 10.0 Å². The van der Waals surface area contributed by atoms with Crippen LogP contribution in [-0.2, 0) is 9.59 Å². The molecule has 2 aromatic carbocycles. The summed E-state index contributed by atoms with van der Waals surface area (Å²) in [6, 6.07) is 13.8. The minimum atomic E-state index is -1.09. The molecule has 0 bridgehead atoms. The van der Waals surface area contributed by atoms with Crippen molar-refractivity contribution in [3.63, 3.8) is 0 Å². The highest BCUT2D eigenvalue weighted by Gasteiger charge is 2.52. The Hall–Kier alpha value is -3.25. The van der Waals surface area contributed by atoms with E-state index in [0.29, 0.717) is 18.4 Å². The van der Waals surface area contributed by atoms with Gasteiger partial charge in [-0.15, -0.1) is 0 Å². The predicted octanol–water partition coefficient (Wildman–Crippen LogP) is 3.92. The van der Waals surface area contributed by atoms with Gasteiger partial charge in [0, 0.05) is 5.56 Å². The zero-order chi connectivity index (χ0) is 22.1. The van der Waals surface area contributed by atoms with Crippen LogP contribution in [0.25, 0.3) is 0 Å². The summed E-state index contributed by atoms with van der Waals surface area (Å²) in [6.07, 6.45) is 4.60. The van der Waals surface area contributed by atoms with E-state index < -0.39 is 35.6 Å². The van der Waals surface area contributed by atoms with Crippen molar-refractivity contribution in [3.05, 3.63) is 82.9 Å². The van der Waals surface area contributed by atoms with Crippen LogP contribution in [0, 0.1) is 11.8 Å². The van der Waals surface area contributed by atoms with Gasteiger partial charge in [-0.1, -0.05) is 66.2 Å². The number of benzene rings is 2. The molecule has 0 spiro atoms. The molecule has 31 heavy (non-hydrogen) atoms. The van der Waals surface area contributed by atoms with Crippen molar-refractivity contribution in [2.45, 2.75) is 25.8 Å². The standard InChI is InChI=1S/C24H21ClN2O4/c1-15(21(28)16-9-3-2-4-10-16)26(24(31)19-13-7-8-14-20(19)25)27-22(29)17-11-5-6-12-18(17)23(27)30/h2-10,13-15,17-18H,11-12H2,1H3/t15-,17-,18-/m1/s1. The van der Waals surface area contributed by atoms with Gasteiger partial charge in [-0.05, 0) is 31.9 Å². The first kappa shape index (κ1) is 21.0. The Morgan fingerprint density at radius 2 is 1.48 bits per heavy atom. The average molecular weight is 437 g/mol. The second-order valence-corrected chi connectivity index (χ2v) is 8.09. The summed E-state index contributed by atoms with van der Waals surface area (Å²) in [4.78, 5) is 53.2. The highest BCUT2D eigenvalue weighted by molar-refractivity contribution is 6.34. The number of hydrogen-bond acceptors (Lipinski definition) is 4. The van der Waals surface area contributed by atoms with Crippen LogP contribution >= 0.6 is 11.6 Å². The van der Waals surface area contributed by atoms with E-state index in [-0.39, 0.29) is 16.4 Å². The van der Waals surface area contributed by atoms with Gasteiger partial charge < -0.3 is 0 Å². The molecule has 2 aromatic rings. The lowest BCUT2D eigenvalue weighted by Gasteiger charge is -2.34. The first-order valence-electron chi connectivity index (χ1n) is 10.1. The predicted molar refractivity (Wildman–Crippen MR) is 115 cm³/mol. The van der Waals surface area contributed by atoms with Crippen LogP contribution in [0.4, 0.5) is 0 Å². The summed E-state index contributed by atoms with van der Waals surface area (Å²) < 4.78 is 0. The molecule has 4 rings (SSSR count). The number of carbonyl (C=O) groups excluding carboxylic acids is 4. The van der Waals surface area contributed by atoms with E-state index in [2.05, 4.69) is 0 Å². The van der Waals surface area contributed by atoms with E-state index >= 15 is 0 Å². The molecule has 0 radical (unpaired) electrons. The third-order valence-corrected chi connectivity index (χ3v) is 6.15. The SMILES string of the molecule is C[C@H](C(=O)c1ccccc1)N(C(=O)c1ccccc1Cl)N1C(=O)[C@@H]2CC=CC[C@H]2C1=O. The molecular formula is C24H21ClN2O4. The third-order valence-electron chi connectivity index (χ3n) is 5.82. The minimum Gasteiger partial charge on any atom is -0.292 e. The van der Waals surface area contributed by atoms with Gasteiger partial charge in [-0.3, -0.25) is 19.2 Å². The molecular weight excluding hydrogens is 416 g/mol. The van der Waals surface area contributed by atoms with E-state index in [1.54, 1.807) is 48.5 Å². The molecule has 158 valence electrons. The lowest BCUT2D eigenvalue weighted by molar-refractivity contribution is -0.156. The molecule has 1 aliphatic carbocycles. The van der Waals surface area contributed by atoms with Crippen LogP contribution in [0.2, 0.25) is 5.02 Å². The van der Waals surface area contributed by atoms with E-state index in [0.717, 1.165) is 10.0 Å². The Bertz CT molecular complexity index is 1060. The molecule has 3 atom stereocenters. The Labute approximate surface area is 185 Å². The summed E-state index contributed by atoms with van der Waals surface area (Å²) in [5, 5.41) is 2.04. The largest absolute Gasteiger partial charge is 0.292 e. The lowest BCUT2D eigenvalue weighted by atomic mass is 9.85. The van der Waals surface area contributed by atoms with Crippen molar-refractivity contribution in [2.24, 2.45) is 11.8 Å². The molecule has 1 fully saturated rings. The molecule has 0 aromatic heterocycles. The Morgan fingerprint density at radius 3 is 2.06 bits per heavy atom. The van der Waals surface area contributed by atoms with Crippen LogP contribution in [0.3, 0.4) is 0 Å². The fraction of sp³-hybridized carbons (Fsp3) is 0.250. The molecule has 1 aliphatic heterocycles. The second kappa shape index (κ2) is 8.47. The van der Waals surface area contributed by atoms with Crippen LogP contribution in [-0.4, -0.2) is 39.6 Å². The van der Waals surface area contributed by atoms with Gasteiger partial charge in [0.15, 0.2) is 5.78 Å². The quantitative estimate of drug-likeness (QED) is 0.404. The van der Waals surface area contributed by atoms with Crippen molar-refractivity contribution >= 4 is 35.1 Å². The number of allylic oxidation sites excluding steroid dienone is 2. The van der Waals surface area contributed by atoms with Gasteiger partial charge >= 0.3 is 0 Å². The number of ketones is 1. The fourth-order valence-electron chi connectivity index (χ4n) is 4.15. The van der Waals surface area contributed by atoms with Gasteiger partial charge in [0.2, 0.25) is 0 Å². The molecule has 2 aliphatic rings. The minimum absolute atomic E-state index is 0.116. The second-order valence-electron chi connectivity index (χ2n) is 7.68. The maximum absolute atomic E-state index is 13.6. The Morgan fingerprint density at radius 1 is 0.935 bits per heavy atom. The summed E-state index contributed by atoms with van der Waals surface area (Å²) in [5.41, 5.74) is 0.496. The van der Waals surface area contributed by atoms with Crippen molar-refractivity contribution in [2.75, 3.05) is 0 Å². The van der Waals surface area contributed by atoms with E-state index in [1.807, 2.05) is 12.2 Å². The number of hydrogen-bond donors (Lipinski definition) is 0. The summed E-state index contributed by atoms with van der Waals surface area (Å²) in [5.74, 6) is -3.04. The smallest absolute Gasteiger partial charge is 0.275 e. The van der Waals surface area contributed by atoms with Crippen LogP contribution in [0.1, 0.15) is 40.5 Å². The van der Waals surface area contributed by atoms with E-state index in [9.17, 15) is 19.2 Å². The number of Topliss-reactive ketones (excluding diaryl/α,β-unsaturated/α-hetero) is 1. The normalized spacial score (nSPS) is 21.0. The summed E-state index contributed by atoms with van der Waals surface area (Å²) in [6.45, 7) is 1.52. The topological polar surface area (TPSA) is 74.8 Å². The first-order chi connectivity index (χ1) is 14.9. The van der Waals surface area contributed by atoms with Gasteiger partial charge in [-0.25, -0.2) is 5.01 Å². The van der Waals surface area contributed by atoms with Crippen molar-refractivity contribution in [1.29, 1.82) is 0 Å². The van der Waals surface area contributed by atoms with Gasteiger partial charge in [0.05, 0.1) is 22.4 Å². The maximum Gasteiger partial charge on any atom is 0.275 e. The number of amides is 3. The number of hydrazine groups is 1. The van der Waals surface area contributed by atoms with E-state index in [4.69, 9.17) is 11.6 Å². The van der Waals surface area contributed by atoms with Crippen LogP contribution < -0.4 is 0 Å². The molecule has 1 heterocycles. The van der Waals surface area contributed by atoms with Crippen molar-refractivity contribution < 1.29 is 19.2 Å². The maximum atomic E-state index is 13.6. The number of halogens is 1. The average Bonchev–Trinajstić information content (AvgIpc) is 3.05. The Balaban J connectivity index is 1.77. The molecule has 6 nitrogen and oxygen atoms in total. The summed E-state index contributed by atoms with van der Waals surface area (Å²) in [7, 11) is 0.